The minimum Gasteiger partial charge on any atom is -0.354 e. The lowest BCUT2D eigenvalue weighted by Crippen LogP contribution is -2.50. The monoisotopic (exact) mass is 455 g/mol. The molecule has 32 heavy (non-hydrogen) atoms. The average molecular weight is 456 g/mol. The van der Waals surface area contributed by atoms with E-state index in [4.69, 9.17) is 0 Å². The van der Waals surface area contributed by atoms with Crippen molar-refractivity contribution >= 4 is 27.8 Å². The van der Waals surface area contributed by atoms with Crippen LogP contribution in [-0.4, -0.2) is 60.5 Å². The molecule has 0 spiro atoms. The minimum atomic E-state index is -3.56. The summed E-state index contributed by atoms with van der Waals surface area (Å²) in [4.78, 5) is 30.7. The van der Waals surface area contributed by atoms with Crippen LogP contribution in [0.25, 0.3) is 6.08 Å². The molecular weight excluding hydrogens is 426 g/mol. The molecule has 0 saturated carbocycles. The molecule has 2 aliphatic rings. The van der Waals surface area contributed by atoms with E-state index in [1.807, 2.05) is 37.3 Å². The average Bonchev–Trinajstić information content (AvgIpc) is 3.07. The highest BCUT2D eigenvalue weighted by molar-refractivity contribution is 7.92. The Morgan fingerprint density at radius 1 is 1.06 bits per heavy atom. The van der Waals surface area contributed by atoms with E-state index in [9.17, 15) is 18.0 Å². The van der Waals surface area contributed by atoms with Gasteiger partial charge in [0, 0.05) is 49.3 Å². The Balaban J connectivity index is 1.44. The maximum Gasteiger partial charge on any atom is 0.270 e. The van der Waals surface area contributed by atoms with Gasteiger partial charge in [-0.25, -0.2) is 8.42 Å². The second-order valence-corrected chi connectivity index (χ2v) is 11.2. The molecule has 1 fully saturated rings. The molecule has 0 bridgehead atoms. The third kappa shape index (κ3) is 4.42. The van der Waals surface area contributed by atoms with Crippen LogP contribution in [0.15, 0.2) is 35.7 Å². The summed E-state index contributed by atoms with van der Waals surface area (Å²) in [6.07, 6.45) is 2.78. The summed E-state index contributed by atoms with van der Waals surface area (Å²) >= 11 is 0. The van der Waals surface area contributed by atoms with Crippen LogP contribution in [-0.2, 0) is 16.4 Å². The van der Waals surface area contributed by atoms with Gasteiger partial charge in [-0.2, -0.15) is 4.31 Å². The lowest BCUT2D eigenvalue weighted by molar-refractivity contribution is 0.0692. The lowest BCUT2D eigenvalue weighted by atomic mass is 9.75. The molecule has 2 aromatic rings. The molecule has 7 nitrogen and oxygen atoms in total. The van der Waals surface area contributed by atoms with Crippen molar-refractivity contribution in [3.05, 3.63) is 63.8 Å². The first-order valence-electron chi connectivity index (χ1n) is 10.8. The molecule has 0 atom stereocenters. The Hall–Kier alpha value is -2.71. The van der Waals surface area contributed by atoms with Crippen LogP contribution < -0.4 is 0 Å². The predicted octanol–water partition coefficient (Wildman–Crippen LogP) is 3.24. The standard InChI is InChI=1S/C24H29N3O4S/c1-17-21-19(15-24(2,3)16-20(21)28)25-22(17)23(29)26-10-12-27(13-11-26)32(30,31)14-9-18-7-5-4-6-8-18/h4-9,14,25H,10-13,15-16H2,1-3H3/b14-9+. The number of carbonyl (C=O) groups excluding carboxylic acids is 2. The zero-order valence-electron chi connectivity index (χ0n) is 18.7. The third-order valence-electron chi connectivity index (χ3n) is 6.23. The predicted molar refractivity (Wildman–Crippen MR) is 124 cm³/mol. The largest absolute Gasteiger partial charge is 0.354 e. The van der Waals surface area contributed by atoms with Gasteiger partial charge in [0.1, 0.15) is 5.69 Å². The minimum absolute atomic E-state index is 0.0742. The van der Waals surface area contributed by atoms with Gasteiger partial charge in [0.05, 0.1) is 0 Å². The van der Waals surface area contributed by atoms with Gasteiger partial charge in [-0.3, -0.25) is 9.59 Å². The summed E-state index contributed by atoms with van der Waals surface area (Å²) in [5.74, 6) is -0.107. The van der Waals surface area contributed by atoms with Crippen molar-refractivity contribution in [2.75, 3.05) is 26.2 Å². The van der Waals surface area contributed by atoms with Crippen LogP contribution in [0.2, 0.25) is 0 Å². The molecule has 1 amide bonds. The zero-order chi connectivity index (χ0) is 23.1. The lowest BCUT2D eigenvalue weighted by Gasteiger charge is -2.33. The molecule has 1 saturated heterocycles. The SMILES string of the molecule is Cc1c(C(=O)N2CCN(S(=O)(=O)/C=C/c3ccccc3)CC2)[nH]c2c1C(=O)CC(C)(C)C2. The van der Waals surface area contributed by atoms with E-state index in [2.05, 4.69) is 18.8 Å². The fraction of sp³-hybridized carbons (Fsp3) is 0.417. The van der Waals surface area contributed by atoms with Crippen LogP contribution in [0.4, 0.5) is 0 Å². The molecule has 2 heterocycles. The summed E-state index contributed by atoms with van der Waals surface area (Å²) in [5.41, 5.74) is 3.32. The Morgan fingerprint density at radius 3 is 2.38 bits per heavy atom. The number of fused-ring (bicyclic) bond motifs is 1. The van der Waals surface area contributed by atoms with Crippen molar-refractivity contribution in [3.8, 4) is 0 Å². The van der Waals surface area contributed by atoms with Gasteiger partial charge in [0.25, 0.3) is 5.91 Å². The second-order valence-electron chi connectivity index (χ2n) is 9.37. The number of ketones is 1. The van der Waals surface area contributed by atoms with Gasteiger partial charge in [0.2, 0.25) is 10.0 Å². The molecule has 1 aromatic heterocycles. The van der Waals surface area contributed by atoms with Crippen LogP contribution >= 0.6 is 0 Å². The van der Waals surface area contributed by atoms with Gasteiger partial charge in [-0.1, -0.05) is 44.2 Å². The summed E-state index contributed by atoms with van der Waals surface area (Å²) in [5, 5.41) is 1.22. The van der Waals surface area contributed by atoms with Gasteiger partial charge in [-0.15, -0.1) is 0 Å². The number of nitrogens with zero attached hydrogens (tertiary/aromatic N) is 2. The molecule has 1 aromatic carbocycles. The number of hydrogen-bond acceptors (Lipinski definition) is 4. The fourth-order valence-corrected chi connectivity index (χ4v) is 5.74. The highest BCUT2D eigenvalue weighted by Crippen LogP contribution is 2.37. The molecule has 1 N–H and O–H groups in total. The molecule has 8 heteroatoms. The Labute approximate surface area is 189 Å². The summed E-state index contributed by atoms with van der Waals surface area (Å²) in [7, 11) is -3.56. The molecule has 170 valence electrons. The number of aromatic nitrogens is 1. The highest BCUT2D eigenvalue weighted by atomic mass is 32.2. The maximum atomic E-state index is 13.2. The fourth-order valence-electron chi connectivity index (χ4n) is 4.56. The second kappa shape index (κ2) is 8.33. The number of H-pyrrole nitrogens is 1. The first-order chi connectivity index (χ1) is 15.1. The zero-order valence-corrected chi connectivity index (χ0v) is 19.5. The number of aromatic amines is 1. The van der Waals surface area contributed by atoms with Crippen molar-refractivity contribution in [3.63, 3.8) is 0 Å². The van der Waals surface area contributed by atoms with Crippen molar-refractivity contribution in [2.24, 2.45) is 5.41 Å². The van der Waals surface area contributed by atoms with Gasteiger partial charge >= 0.3 is 0 Å². The first kappa shape index (κ1) is 22.5. The van der Waals surface area contributed by atoms with E-state index in [1.54, 1.807) is 11.0 Å². The molecule has 0 radical (unpaired) electrons. The van der Waals surface area contributed by atoms with E-state index in [-0.39, 0.29) is 30.2 Å². The molecule has 0 unspecified atom stereocenters. The number of hydrogen-bond donors (Lipinski definition) is 1. The maximum absolute atomic E-state index is 13.2. The van der Waals surface area contributed by atoms with Crippen molar-refractivity contribution in [1.82, 2.24) is 14.2 Å². The smallest absolute Gasteiger partial charge is 0.270 e. The number of benzene rings is 1. The Bertz CT molecular complexity index is 1170. The van der Waals surface area contributed by atoms with Crippen LogP contribution in [0.1, 0.15) is 57.9 Å². The first-order valence-corrected chi connectivity index (χ1v) is 12.3. The van der Waals surface area contributed by atoms with Gasteiger partial charge < -0.3 is 9.88 Å². The summed E-state index contributed by atoms with van der Waals surface area (Å²) in [6.45, 7) is 7.00. The topological polar surface area (TPSA) is 90.6 Å². The number of piperazine rings is 1. The number of Topliss-reactive ketones (excluding diaryl/α,β-unsaturated/α-hetero) is 1. The highest BCUT2D eigenvalue weighted by Gasteiger charge is 2.36. The van der Waals surface area contributed by atoms with Crippen LogP contribution in [0.5, 0.6) is 0 Å². The molecule has 1 aliphatic heterocycles. The van der Waals surface area contributed by atoms with Crippen molar-refractivity contribution in [1.29, 1.82) is 0 Å². The Morgan fingerprint density at radius 2 is 1.72 bits per heavy atom. The van der Waals surface area contributed by atoms with E-state index < -0.39 is 10.0 Å². The van der Waals surface area contributed by atoms with Crippen LogP contribution in [0, 0.1) is 12.3 Å². The molecule has 1 aliphatic carbocycles. The number of rotatable bonds is 4. The molecular formula is C24H29N3O4S. The van der Waals surface area contributed by atoms with E-state index in [0.29, 0.717) is 36.3 Å². The van der Waals surface area contributed by atoms with Gasteiger partial charge in [0.15, 0.2) is 5.78 Å². The van der Waals surface area contributed by atoms with Crippen molar-refractivity contribution in [2.45, 2.75) is 33.6 Å². The van der Waals surface area contributed by atoms with Crippen LogP contribution in [0.3, 0.4) is 0 Å². The number of sulfonamides is 1. The summed E-state index contributed by atoms with van der Waals surface area (Å²) in [6, 6.07) is 9.26. The van der Waals surface area contributed by atoms with Crippen molar-refractivity contribution < 1.29 is 18.0 Å². The third-order valence-corrected chi connectivity index (χ3v) is 7.80. The van der Waals surface area contributed by atoms with E-state index in [0.717, 1.165) is 17.7 Å². The van der Waals surface area contributed by atoms with E-state index >= 15 is 0 Å². The number of amides is 1. The molecule has 4 rings (SSSR count). The van der Waals surface area contributed by atoms with E-state index in [1.165, 1.54) is 9.71 Å². The van der Waals surface area contributed by atoms with Gasteiger partial charge in [-0.05, 0) is 36.0 Å². The normalized spacial score (nSPS) is 19.3. The number of carbonyl (C=O) groups is 2. The Kier molecular flexibility index (Phi) is 5.85. The number of nitrogens with one attached hydrogen (secondary N) is 1. The quantitative estimate of drug-likeness (QED) is 0.766. The summed E-state index contributed by atoms with van der Waals surface area (Å²) < 4.78 is 26.8.